The minimum absolute atomic E-state index is 0.149. The van der Waals surface area contributed by atoms with Gasteiger partial charge in [0.25, 0.3) is 0 Å². The van der Waals surface area contributed by atoms with Gasteiger partial charge in [0.2, 0.25) is 0 Å². The Kier molecular flexibility index (Phi) is 6.68. The van der Waals surface area contributed by atoms with Crippen LogP contribution >= 0.6 is 15.9 Å². The van der Waals surface area contributed by atoms with Crippen LogP contribution in [0.3, 0.4) is 0 Å². The quantitative estimate of drug-likeness (QED) is 0.594. The molecule has 0 aliphatic heterocycles. The van der Waals surface area contributed by atoms with Crippen molar-refractivity contribution in [2.24, 2.45) is 11.8 Å². The Bertz CT molecular complexity index is 371. The lowest BCUT2D eigenvalue weighted by molar-refractivity contribution is 0.388. The topological polar surface area (TPSA) is 47.3 Å². The number of halogens is 1. The lowest BCUT2D eigenvalue weighted by Crippen LogP contribution is -2.29. The number of nitrogens with one attached hydrogen (secondary N) is 1. The number of methoxy groups -OCH3 is 1. The van der Waals surface area contributed by atoms with E-state index >= 15 is 0 Å². The predicted molar refractivity (Wildman–Crippen MR) is 79.4 cm³/mol. The fourth-order valence-electron chi connectivity index (χ4n) is 2.21. The highest BCUT2D eigenvalue weighted by Gasteiger charge is 2.17. The van der Waals surface area contributed by atoms with Crippen LogP contribution in [0.4, 0.5) is 0 Å². The largest absolute Gasteiger partial charge is 0.497 e. The summed E-state index contributed by atoms with van der Waals surface area (Å²) in [5.41, 5.74) is 4.07. The van der Waals surface area contributed by atoms with E-state index in [-0.39, 0.29) is 6.04 Å². The van der Waals surface area contributed by atoms with Gasteiger partial charge in [0.05, 0.1) is 7.11 Å². The predicted octanol–water partition coefficient (Wildman–Crippen LogP) is 3.79. The molecule has 102 valence electrons. The van der Waals surface area contributed by atoms with Crippen molar-refractivity contribution in [2.45, 2.75) is 39.2 Å². The number of hydrogen-bond acceptors (Lipinski definition) is 3. The lowest BCUT2D eigenvalue weighted by Gasteiger charge is -2.22. The van der Waals surface area contributed by atoms with Gasteiger partial charge < -0.3 is 4.74 Å². The average molecular weight is 315 g/mol. The molecule has 3 N–H and O–H groups in total. The van der Waals surface area contributed by atoms with E-state index in [1.54, 1.807) is 7.11 Å². The maximum Gasteiger partial charge on any atom is 0.119 e. The van der Waals surface area contributed by atoms with E-state index in [9.17, 15) is 0 Å². The van der Waals surface area contributed by atoms with E-state index in [1.807, 2.05) is 18.2 Å². The molecule has 2 atom stereocenters. The summed E-state index contributed by atoms with van der Waals surface area (Å²) >= 11 is 3.58. The minimum Gasteiger partial charge on any atom is -0.497 e. The van der Waals surface area contributed by atoms with Gasteiger partial charge in [0.15, 0.2) is 0 Å². The van der Waals surface area contributed by atoms with Crippen LogP contribution in [-0.4, -0.2) is 7.11 Å². The highest BCUT2D eigenvalue weighted by Crippen LogP contribution is 2.31. The van der Waals surface area contributed by atoms with Gasteiger partial charge in [-0.05, 0) is 36.1 Å². The molecule has 0 spiro atoms. The zero-order valence-electron chi connectivity index (χ0n) is 11.4. The van der Waals surface area contributed by atoms with Gasteiger partial charge in [-0.15, -0.1) is 0 Å². The Balaban J connectivity index is 2.86. The third-order valence-corrected chi connectivity index (χ3v) is 3.92. The molecule has 0 saturated carbocycles. The Morgan fingerprint density at radius 2 is 2.17 bits per heavy atom. The standard InChI is InChI=1S/C14H23BrN2O/c1-4-5-10(2)8-14(17-16)12-9-11(18-3)6-7-13(12)15/h6-7,9-10,14,17H,4-5,8,16H2,1-3H3. The number of benzene rings is 1. The van der Waals surface area contributed by atoms with Crippen molar-refractivity contribution >= 4 is 15.9 Å². The van der Waals surface area contributed by atoms with Crippen LogP contribution < -0.4 is 16.0 Å². The second kappa shape index (κ2) is 7.77. The van der Waals surface area contributed by atoms with Gasteiger partial charge in [0.1, 0.15) is 5.75 Å². The van der Waals surface area contributed by atoms with Gasteiger partial charge in [-0.25, -0.2) is 0 Å². The zero-order chi connectivity index (χ0) is 13.5. The highest BCUT2D eigenvalue weighted by atomic mass is 79.9. The van der Waals surface area contributed by atoms with Gasteiger partial charge in [0, 0.05) is 10.5 Å². The Morgan fingerprint density at radius 1 is 1.44 bits per heavy atom. The summed E-state index contributed by atoms with van der Waals surface area (Å²) in [7, 11) is 1.68. The molecule has 1 aromatic carbocycles. The number of nitrogens with two attached hydrogens (primary N) is 1. The van der Waals surface area contributed by atoms with Crippen LogP contribution in [0, 0.1) is 5.92 Å². The molecule has 0 bridgehead atoms. The summed E-state index contributed by atoms with van der Waals surface area (Å²) in [5, 5.41) is 0. The first kappa shape index (κ1) is 15.5. The smallest absolute Gasteiger partial charge is 0.119 e. The number of rotatable bonds is 7. The van der Waals surface area contributed by atoms with Gasteiger partial charge in [-0.3, -0.25) is 11.3 Å². The first-order valence-corrected chi connectivity index (χ1v) is 7.21. The van der Waals surface area contributed by atoms with E-state index in [2.05, 4.69) is 35.2 Å². The van der Waals surface area contributed by atoms with E-state index in [1.165, 1.54) is 12.8 Å². The molecule has 1 rings (SSSR count). The number of hydrazine groups is 1. The Labute approximate surface area is 118 Å². The molecule has 0 fully saturated rings. The molecular formula is C14H23BrN2O. The average Bonchev–Trinajstić information content (AvgIpc) is 2.37. The van der Waals surface area contributed by atoms with Gasteiger partial charge >= 0.3 is 0 Å². The molecule has 2 unspecified atom stereocenters. The van der Waals surface area contributed by atoms with E-state index in [0.717, 1.165) is 22.2 Å². The van der Waals surface area contributed by atoms with Crippen LogP contribution in [0.5, 0.6) is 5.75 Å². The molecule has 0 aliphatic carbocycles. The van der Waals surface area contributed by atoms with Crippen molar-refractivity contribution < 1.29 is 4.74 Å². The summed E-state index contributed by atoms with van der Waals surface area (Å²) in [6, 6.07) is 6.13. The monoisotopic (exact) mass is 314 g/mol. The summed E-state index contributed by atoms with van der Waals surface area (Å²) < 4.78 is 6.33. The molecule has 18 heavy (non-hydrogen) atoms. The second-order valence-electron chi connectivity index (χ2n) is 4.74. The van der Waals surface area contributed by atoms with E-state index in [4.69, 9.17) is 10.6 Å². The Morgan fingerprint density at radius 3 is 2.72 bits per heavy atom. The molecular weight excluding hydrogens is 292 g/mol. The van der Waals surface area contributed by atoms with Crippen molar-refractivity contribution in [3.8, 4) is 5.75 Å². The summed E-state index contributed by atoms with van der Waals surface area (Å²) in [4.78, 5) is 0. The SMILES string of the molecule is CCCC(C)CC(NN)c1cc(OC)ccc1Br. The fraction of sp³-hybridized carbons (Fsp3) is 0.571. The molecule has 0 heterocycles. The van der Waals surface area contributed by atoms with E-state index in [0.29, 0.717) is 5.92 Å². The molecule has 3 nitrogen and oxygen atoms in total. The maximum absolute atomic E-state index is 5.70. The van der Waals surface area contributed by atoms with Crippen LogP contribution in [0.25, 0.3) is 0 Å². The molecule has 1 aromatic rings. The maximum atomic E-state index is 5.70. The van der Waals surface area contributed by atoms with E-state index < -0.39 is 0 Å². The lowest BCUT2D eigenvalue weighted by atomic mass is 9.93. The molecule has 0 aliphatic rings. The second-order valence-corrected chi connectivity index (χ2v) is 5.59. The van der Waals surface area contributed by atoms with Crippen molar-refractivity contribution in [3.05, 3.63) is 28.2 Å². The van der Waals surface area contributed by atoms with Crippen molar-refractivity contribution in [3.63, 3.8) is 0 Å². The molecule has 0 amide bonds. The first-order chi connectivity index (χ1) is 8.62. The van der Waals surface area contributed by atoms with Crippen LogP contribution in [0.15, 0.2) is 22.7 Å². The third kappa shape index (κ3) is 4.26. The van der Waals surface area contributed by atoms with Crippen LogP contribution in [0.2, 0.25) is 0 Å². The number of ether oxygens (including phenoxy) is 1. The van der Waals surface area contributed by atoms with Crippen molar-refractivity contribution in [1.29, 1.82) is 0 Å². The fourth-order valence-corrected chi connectivity index (χ4v) is 2.74. The molecule has 0 saturated heterocycles. The summed E-state index contributed by atoms with van der Waals surface area (Å²) in [6.07, 6.45) is 3.45. The first-order valence-electron chi connectivity index (χ1n) is 6.41. The molecule has 0 aromatic heterocycles. The van der Waals surface area contributed by atoms with Crippen LogP contribution in [0.1, 0.15) is 44.7 Å². The summed E-state index contributed by atoms with van der Waals surface area (Å²) in [5.74, 6) is 7.20. The normalized spacial score (nSPS) is 14.3. The summed E-state index contributed by atoms with van der Waals surface area (Å²) in [6.45, 7) is 4.48. The zero-order valence-corrected chi connectivity index (χ0v) is 13.0. The van der Waals surface area contributed by atoms with Crippen molar-refractivity contribution in [1.82, 2.24) is 5.43 Å². The third-order valence-electron chi connectivity index (χ3n) is 3.20. The minimum atomic E-state index is 0.149. The van der Waals surface area contributed by atoms with Gasteiger partial charge in [-0.2, -0.15) is 0 Å². The number of hydrogen-bond donors (Lipinski definition) is 2. The highest BCUT2D eigenvalue weighted by molar-refractivity contribution is 9.10. The van der Waals surface area contributed by atoms with Gasteiger partial charge in [-0.1, -0.05) is 42.6 Å². The molecule has 0 radical (unpaired) electrons. The molecule has 4 heteroatoms. The van der Waals surface area contributed by atoms with Crippen molar-refractivity contribution in [2.75, 3.05) is 7.11 Å². The Hall–Kier alpha value is -0.580. The van der Waals surface area contributed by atoms with Crippen LogP contribution in [-0.2, 0) is 0 Å².